The number of aryl methyl sites for hydroxylation is 1. The van der Waals surface area contributed by atoms with Gasteiger partial charge in [-0.05, 0) is 37.5 Å². The molecule has 0 aliphatic carbocycles. The first-order valence-corrected chi connectivity index (χ1v) is 5.72. The molecule has 0 amide bonds. The predicted molar refractivity (Wildman–Crippen MR) is 65.1 cm³/mol. The van der Waals surface area contributed by atoms with Crippen molar-refractivity contribution in [2.75, 3.05) is 11.9 Å². The quantitative estimate of drug-likeness (QED) is 0.789. The zero-order chi connectivity index (χ0) is 11.0. The molecule has 82 valence electrons. The Morgan fingerprint density at radius 2 is 2.31 bits per heavy atom. The van der Waals surface area contributed by atoms with Gasteiger partial charge < -0.3 is 5.32 Å². The van der Waals surface area contributed by atoms with Crippen LogP contribution in [0.5, 0.6) is 0 Å². The van der Waals surface area contributed by atoms with E-state index >= 15 is 0 Å². The van der Waals surface area contributed by atoms with Gasteiger partial charge >= 0.3 is 0 Å². The molecule has 1 N–H and O–H groups in total. The molecule has 0 spiro atoms. The molecule has 3 rings (SSSR count). The third kappa shape index (κ3) is 1.48. The minimum Gasteiger partial charge on any atom is -0.385 e. The summed E-state index contributed by atoms with van der Waals surface area (Å²) in [5, 5.41) is 7.82. The number of anilines is 1. The summed E-state index contributed by atoms with van der Waals surface area (Å²) in [4.78, 5) is 0. The van der Waals surface area contributed by atoms with Gasteiger partial charge in [-0.3, -0.25) is 0 Å². The van der Waals surface area contributed by atoms with Crippen molar-refractivity contribution in [3.05, 3.63) is 41.7 Å². The smallest absolute Gasteiger partial charge is 0.0698 e. The maximum Gasteiger partial charge on any atom is 0.0698 e. The molecule has 1 aliphatic heterocycles. The molecular formula is C13H15N3. The molecule has 16 heavy (non-hydrogen) atoms. The van der Waals surface area contributed by atoms with Crippen LogP contribution in [0, 0.1) is 6.92 Å². The number of hydrogen-bond donors (Lipinski definition) is 1. The molecule has 0 fully saturated rings. The lowest BCUT2D eigenvalue weighted by Crippen LogP contribution is -2.14. The molecule has 3 heteroatoms. The first-order chi connectivity index (χ1) is 7.84. The van der Waals surface area contributed by atoms with Gasteiger partial charge in [-0.25, -0.2) is 4.68 Å². The summed E-state index contributed by atoms with van der Waals surface area (Å²) in [6, 6.07) is 6.37. The Bertz CT molecular complexity index is 514. The Hall–Kier alpha value is -1.77. The fourth-order valence-corrected chi connectivity index (χ4v) is 2.25. The Kier molecular flexibility index (Phi) is 2.17. The summed E-state index contributed by atoms with van der Waals surface area (Å²) in [6.45, 7) is 3.14. The molecule has 0 bridgehead atoms. The maximum atomic E-state index is 4.38. The van der Waals surface area contributed by atoms with Crippen molar-refractivity contribution in [3.63, 3.8) is 0 Å². The minimum absolute atomic E-state index is 1.08. The Labute approximate surface area is 95.1 Å². The van der Waals surface area contributed by atoms with Gasteiger partial charge in [-0.15, -0.1) is 0 Å². The average molecular weight is 213 g/mol. The first-order valence-electron chi connectivity index (χ1n) is 5.72. The van der Waals surface area contributed by atoms with Gasteiger partial charge in [0.05, 0.1) is 11.9 Å². The Morgan fingerprint density at radius 3 is 3.12 bits per heavy atom. The molecule has 0 saturated heterocycles. The number of fused-ring (bicyclic) bond motifs is 1. The monoisotopic (exact) mass is 213 g/mol. The van der Waals surface area contributed by atoms with Crippen molar-refractivity contribution in [2.45, 2.75) is 19.8 Å². The molecule has 1 aromatic carbocycles. The van der Waals surface area contributed by atoms with Crippen LogP contribution < -0.4 is 5.32 Å². The largest absolute Gasteiger partial charge is 0.385 e. The second kappa shape index (κ2) is 3.67. The van der Waals surface area contributed by atoms with Crippen molar-refractivity contribution in [2.24, 2.45) is 0 Å². The molecule has 0 saturated carbocycles. The third-order valence-corrected chi connectivity index (χ3v) is 3.03. The second-order valence-electron chi connectivity index (χ2n) is 4.30. The van der Waals surface area contributed by atoms with Gasteiger partial charge in [0.25, 0.3) is 0 Å². The highest BCUT2D eigenvalue weighted by Gasteiger charge is 2.13. The van der Waals surface area contributed by atoms with E-state index in [1.54, 1.807) is 0 Å². The van der Waals surface area contributed by atoms with Gasteiger partial charge in [-0.2, -0.15) is 5.10 Å². The highest BCUT2D eigenvalue weighted by Crippen LogP contribution is 2.27. The minimum atomic E-state index is 1.08. The first kappa shape index (κ1) is 9.46. The molecule has 3 nitrogen and oxygen atoms in total. The fourth-order valence-electron chi connectivity index (χ4n) is 2.25. The summed E-state index contributed by atoms with van der Waals surface area (Å²) >= 11 is 0. The van der Waals surface area contributed by atoms with Crippen LogP contribution in [0.4, 0.5) is 5.69 Å². The van der Waals surface area contributed by atoms with Gasteiger partial charge in [0.2, 0.25) is 0 Å². The highest BCUT2D eigenvalue weighted by molar-refractivity contribution is 5.61. The van der Waals surface area contributed by atoms with Gasteiger partial charge in [-0.1, -0.05) is 6.07 Å². The van der Waals surface area contributed by atoms with Crippen molar-refractivity contribution < 1.29 is 0 Å². The summed E-state index contributed by atoms with van der Waals surface area (Å²) < 4.78 is 1.97. The van der Waals surface area contributed by atoms with Gasteiger partial charge in [0.15, 0.2) is 0 Å². The molecule has 0 radical (unpaired) electrons. The molecule has 1 aliphatic rings. The van der Waals surface area contributed by atoms with Crippen LogP contribution in [-0.4, -0.2) is 16.3 Å². The predicted octanol–water partition coefficient (Wildman–Crippen LogP) is 2.54. The van der Waals surface area contributed by atoms with E-state index in [-0.39, 0.29) is 0 Å². The van der Waals surface area contributed by atoms with Crippen LogP contribution in [0.1, 0.15) is 17.5 Å². The normalized spacial score (nSPS) is 14.3. The topological polar surface area (TPSA) is 29.9 Å². The Morgan fingerprint density at radius 1 is 1.38 bits per heavy atom. The van der Waals surface area contributed by atoms with Crippen LogP contribution in [0.25, 0.3) is 5.69 Å². The van der Waals surface area contributed by atoms with E-state index in [9.17, 15) is 0 Å². The second-order valence-corrected chi connectivity index (χ2v) is 4.30. The van der Waals surface area contributed by atoms with Crippen LogP contribution >= 0.6 is 0 Å². The van der Waals surface area contributed by atoms with E-state index in [1.165, 1.54) is 28.9 Å². The number of nitrogens with one attached hydrogen (secondary N) is 1. The zero-order valence-corrected chi connectivity index (χ0v) is 9.40. The molecule has 0 atom stereocenters. The average Bonchev–Trinajstić information content (AvgIpc) is 2.75. The van der Waals surface area contributed by atoms with E-state index in [0.717, 1.165) is 13.0 Å². The SMILES string of the molecule is Cc1cnn(-c2cccc3c2CCCN3)c1. The summed E-state index contributed by atoms with van der Waals surface area (Å²) in [7, 11) is 0. The van der Waals surface area contributed by atoms with E-state index in [2.05, 4.69) is 41.7 Å². The number of hydrogen-bond acceptors (Lipinski definition) is 2. The molecular weight excluding hydrogens is 198 g/mol. The zero-order valence-electron chi connectivity index (χ0n) is 9.40. The molecule has 1 aromatic heterocycles. The number of aromatic nitrogens is 2. The lowest BCUT2D eigenvalue weighted by atomic mass is 10.0. The van der Waals surface area contributed by atoms with E-state index in [1.807, 2.05) is 10.9 Å². The van der Waals surface area contributed by atoms with E-state index in [4.69, 9.17) is 0 Å². The van der Waals surface area contributed by atoms with Crippen molar-refractivity contribution >= 4 is 5.69 Å². The summed E-state index contributed by atoms with van der Waals surface area (Å²) in [5.74, 6) is 0. The van der Waals surface area contributed by atoms with Crippen molar-refractivity contribution in [3.8, 4) is 5.69 Å². The third-order valence-electron chi connectivity index (χ3n) is 3.03. The van der Waals surface area contributed by atoms with Gasteiger partial charge in [0.1, 0.15) is 0 Å². The van der Waals surface area contributed by atoms with Gasteiger partial charge in [0, 0.05) is 24.0 Å². The number of benzene rings is 1. The fraction of sp³-hybridized carbons (Fsp3) is 0.308. The van der Waals surface area contributed by atoms with Crippen LogP contribution in [0.15, 0.2) is 30.6 Å². The number of nitrogens with zero attached hydrogens (tertiary/aromatic N) is 2. The lowest BCUT2D eigenvalue weighted by Gasteiger charge is -2.20. The van der Waals surface area contributed by atoms with Crippen molar-refractivity contribution in [1.82, 2.24) is 9.78 Å². The molecule has 2 heterocycles. The lowest BCUT2D eigenvalue weighted by molar-refractivity contribution is 0.797. The van der Waals surface area contributed by atoms with Crippen LogP contribution in [0.2, 0.25) is 0 Å². The maximum absolute atomic E-state index is 4.38. The number of rotatable bonds is 1. The standard InChI is InChI=1S/C13H15N3/c1-10-8-15-16(9-10)13-6-2-5-12-11(13)4-3-7-14-12/h2,5-6,8-9,14H,3-4,7H2,1H3. The van der Waals surface area contributed by atoms with Crippen LogP contribution in [0.3, 0.4) is 0 Å². The van der Waals surface area contributed by atoms with E-state index in [0.29, 0.717) is 0 Å². The summed E-state index contributed by atoms with van der Waals surface area (Å²) in [6.07, 6.45) is 6.31. The Balaban J connectivity index is 2.13. The van der Waals surface area contributed by atoms with E-state index < -0.39 is 0 Å². The summed E-state index contributed by atoms with van der Waals surface area (Å²) in [5.41, 5.74) is 5.05. The van der Waals surface area contributed by atoms with Crippen LogP contribution in [-0.2, 0) is 6.42 Å². The molecule has 0 unspecified atom stereocenters. The molecule has 2 aromatic rings. The highest BCUT2D eigenvalue weighted by atomic mass is 15.3. The van der Waals surface area contributed by atoms with Crippen molar-refractivity contribution in [1.29, 1.82) is 0 Å².